The van der Waals surface area contributed by atoms with Gasteiger partial charge < -0.3 is 10.4 Å². The molecular weight excluding hydrogens is 268 g/mol. The summed E-state index contributed by atoms with van der Waals surface area (Å²) in [5, 5.41) is 22.1. The van der Waals surface area contributed by atoms with Gasteiger partial charge in [0.25, 0.3) is 0 Å². The lowest BCUT2D eigenvalue weighted by atomic mass is 9.82. The van der Waals surface area contributed by atoms with Crippen molar-refractivity contribution in [2.75, 3.05) is 11.9 Å². The molecule has 0 atom stereocenters. The van der Waals surface area contributed by atoms with E-state index < -0.39 is 5.97 Å². The summed E-state index contributed by atoms with van der Waals surface area (Å²) in [6.07, 6.45) is 3.07. The average Bonchev–Trinajstić information content (AvgIpc) is 2.89. The maximum atomic E-state index is 11.5. The van der Waals surface area contributed by atoms with Crippen LogP contribution in [0.4, 0.5) is 9.93 Å². The second-order valence-corrected chi connectivity index (χ2v) is 5.47. The standard InChI is InChI=1S/C11H16N4O3S/c16-9(17)8-3-1-7(2-4-8)5-12-10(18)14-11-15-13-6-19-11/h6-8H,1-5H2,(H,16,17)(H2,12,14,15,18). The average molecular weight is 284 g/mol. The summed E-state index contributed by atoms with van der Waals surface area (Å²) in [6, 6.07) is -0.294. The van der Waals surface area contributed by atoms with Crippen LogP contribution in [0.25, 0.3) is 0 Å². The molecule has 0 radical (unpaired) electrons. The summed E-state index contributed by atoms with van der Waals surface area (Å²) >= 11 is 1.26. The molecule has 2 rings (SSSR count). The molecule has 8 heteroatoms. The molecule has 1 fully saturated rings. The zero-order valence-corrected chi connectivity index (χ0v) is 11.2. The van der Waals surface area contributed by atoms with Gasteiger partial charge in [-0.2, -0.15) is 0 Å². The van der Waals surface area contributed by atoms with Gasteiger partial charge in [-0.25, -0.2) is 4.79 Å². The molecule has 1 aliphatic carbocycles. The molecule has 1 aromatic rings. The number of amides is 2. The Morgan fingerprint density at radius 1 is 1.37 bits per heavy atom. The molecule has 1 aromatic heterocycles. The van der Waals surface area contributed by atoms with E-state index in [9.17, 15) is 9.59 Å². The van der Waals surface area contributed by atoms with Gasteiger partial charge in [0.15, 0.2) is 0 Å². The highest BCUT2D eigenvalue weighted by molar-refractivity contribution is 7.13. The molecular formula is C11H16N4O3S. The van der Waals surface area contributed by atoms with Crippen molar-refractivity contribution >= 4 is 28.5 Å². The van der Waals surface area contributed by atoms with Gasteiger partial charge in [-0.15, -0.1) is 10.2 Å². The van der Waals surface area contributed by atoms with E-state index in [4.69, 9.17) is 5.11 Å². The highest BCUT2D eigenvalue weighted by Gasteiger charge is 2.25. The normalized spacial score (nSPS) is 22.7. The summed E-state index contributed by atoms with van der Waals surface area (Å²) in [4.78, 5) is 22.4. The van der Waals surface area contributed by atoms with Crippen molar-refractivity contribution in [3.05, 3.63) is 5.51 Å². The molecule has 0 aromatic carbocycles. The first-order valence-corrected chi connectivity index (χ1v) is 7.07. The summed E-state index contributed by atoms with van der Waals surface area (Å²) in [7, 11) is 0. The SMILES string of the molecule is O=C(NCC1CCC(C(=O)O)CC1)Nc1nncs1. The Morgan fingerprint density at radius 2 is 2.11 bits per heavy atom. The first kappa shape index (κ1) is 13.7. The third-order valence-electron chi connectivity index (χ3n) is 3.33. The summed E-state index contributed by atoms with van der Waals surface area (Å²) in [6.45, 7) is 0.566. The van der Waals surface area contributed by atoms with Crippen LogP contribution < -0.4 is 10.6 Å². The smallest absolute Gasteiger partial charge is 0.321 e. The molecule has 104 valence electrons. The molecule has 0 bridgehead atoms. The summed E-state index contributed by atoms with van der Waals surface area (Å²) in [5.41, 5.74) is 1.54. The van der Waals surface area contributed by atoms with Crippen molar-refractivity contribution in [1.29, 1.82) is 0 Å². The van der Waals surface area contributed by atoms with Crippen LogP contribution in [-0.4, -0.2) is 33.8 Å². The van der Waals surface area contributed by atoms with Crippen LogP contribution in [0, 0.1) is 11.8 Å². The number of hydrogen-bond donors (Lipinski definition) is 3. The first-order chi connectivity index (χ1) is 9.15. The van der Waals surface area contributed by atoms with Gasteiger partial charge >= 0.3 is 12.0 Å². The van der Waals surface area contributed by atoms with Crippen LogP contribution in [0.15, 0.2) is 5.51 Å². The number of urea groups is 1. The number of aromatic nitrogens is 2. The van der Waals surface area contributed by atoms with Crippen molar-refractivity contribution in [3.8, 4) is 0 Å². The van der Waals surface area contributed by atoms with Gasteiger partial charge in [0.2, 0.25) is 5.13 Å². The number of carbonyl (C=O) groups excluding carboxylic acids is 1. The van der Waals surface area contributed by atoms with Gasteiger partial charge in [-0.3, -0.25) is 10.1 Å². The predicted molar refractivity (Wildman–Crippen MR) is 70.0 cm³/mol. The van der Waals surface area contributed by atoms with Crippen LogP contribution in [-0.2, 0) is 4.79 Å². The van der Waals surface area contributed by atoms with Crippen LogP contribution >= 0.6 is 11.3 Å². The Hall–Kier alpha value is -1.70. The Morgan fingerprint density at radius 3 is 2.68 bits per heavy atom. The maximum absolute atomic E-state index is 11.5. The number of carbonyl (C=O) groups is 2. The highest BCUT2D eigenvalue weighted by atomic mass is 32.1. The van der Waals surface area contributed by atoms with E-state index in [-0.39, 0.29) is 11.9 Å². The fourth-order valence-electron chi connectivity index (χ4n) is 2.22. The molecule has 0 spiro atoms. The third-order valence-corrected chi connectivity index (χ3v) is 3.93. The van der Waals surface area contributed by atoms with Gasteiger partial charge in [-0.1, -0.05) is 11.3 Å². The monoisotopic (exact) mass is 284 g/mol. The van der Waals surface area contributed by atoms with Crippen molar-refractivity contribution in [3.63, 3.8) is 0 Å². The zero-order valence-electron chi connectivity index (χ0n) is 10.3. The number of hydrogen-bond acceptors (Lipinski definition) is 5. The summed E-state index contributed by atoms with van der Waals surface area (Å²) in [5.74, 6) is -0.567. The minimum atomic E-state index is -0.708. The topological polar surface area (TPSA) is 104 Å². The number of nitrogens with zero attached hydrogens (tertiary/aromatic N) is 2. The van der Waals surface area contributed by atoms with E-state index >= 15 is 0 Å². The highest BCUT2D eigenvalue weighted by Crippen LogP contribution is 2.28. The van der Waals surface area contributed by atoms with Crippen LogP contribution in [0.1, 0.15) is 25.7 Å². The number of anilines is 1. The molecule has 2 amide bonds. The third kappa shape index (κ3) is 4.16. The minimum absolute atomic E-state index is 0.216. The van der Waals surface area contributed by atoms with E-state index in [1.807, 2.05) is 0 Å². The van der Waals surface area contributed by atoms with Gasteiger partial charge in [0.1, 0.15) is 5.51 Å². The Bertz CT molecular complexity index is 429. The Kier molecular flexibility index (Phi) is 4.67. The van der Waals surface area contributed by atoms with Crippen molar-refractivity contribution in [1.82, 2.24) is 15.5 Å². The molecule has 1 aliphatic rings. The molecule has 19 heavy (non-hydrogen) atoms. The Labute approximate surface area is 114 Å². The lowest BCUT2D eigenvalue weighted by Gasteiger charge is -2.26. The summed E-state index contributed by atoms with van der Waals surface area (Å²) < 4.78 is 0. The Balaban J connectivity index is 1.66. The van der Waals surface area contributed by atoms with E-state index in [0.717, 1.165) is 12.8 Å². The predicted octanol–water partition coefficient (Wildman–Crippen LogP) is 1.55. The minimum Gasteiger partial charge on any atom is -0.481 e. The van der Waals surface area contributed by atoms with E-state index in [2.05, 4.69) is 20.8 Å². The zero-order chi connectivity index (χ0) is 13.7. The van der Waals surface area contributed by atoms with Crippen LogP contribution in [0.2, 0.25) is 0 Å². The van der Waals surface area contributed by atoms with Crippen LogP contribution in [0.3, 0.4) is 0 Å². The first-order valence-electron chi connectivity index (χ1n) is 6.19. The fraction of sp³-hybridized carbons (Fsp3) is 0.636. The van der Waals surface area contributed by atoms with Crippen molar-refractivity contribution < 1.29 is 14.7 Å². The largest absolute Gasteiger partial charge is 0.481 e. The molecule has 0 aliphatic heterocycles. The fourth-order valence-corrected chi connectivity index (χ4v) is 2.66. The second kappa shape index (κ2) is 6.46. The molecule has 3 N–H and O–H groups in total. The molecule has 7 nitrogen and oxygen atoms in total. The van der Waals surface area contributed by atoms with Gasteiger partial charge in [0, 0.05) is 6.54 Å². The van der Waals surface area contributed by atoms with Crippen LogP contribution in [0.5, 0.6) is 0 Å². The van der Waals surface area contributed by atoms with E-state index in [0.29, 0.717) is 30.4 Å². The number of rotatable bonds is 4. The van der Waals surface area contributed by atoms with E-state index in [1.54, 1.807) is 5.51 Å². The molecule has 0 unspecified atom stereocenters. The lowest BCUT2D eigenvalue weighted by Crippen LogP contribution is -2.35. The quantitative estimate of drug-likeness (QED) is 0.778. The van der Waals surface area contributed by atoms with Crippen molar-refractivity contribution in [2.24, 2.45) is 11.8 Å². The van der Waals surface area contributed by atoms with E-state index in [1.165, 1.54) is 11.3 Å². The number of carboxylic acids is 1. The second-order valence-electron chi connectivity index (χ2n) is 4.63. The number of carboxylic acid groups (broad SMARTS) is 1. The molecule has 0 saturated heterocycles. The molecule has 1 heterocycles. The number of aliphatic carboxylic acids is 1. The lowest BCUT2D eigenvalue weighted by molar-refractivity contribution is -0.143. The van der Waals surface area contributed by atoms with Gasteiger partial charge in [-0.05, 0) is 31.6 Å². The maximum Gasteiger partial charge on any atom is 0.321 e. The van der Waals surface area contributed by atoms with Crippen molar-refractivity contribution in [2.45, 2.75) is 25.7 Å². The number of nitrogens with one attached hydrogen (secondary N) is 2. The van der Waals surface area contributed by atoms with Gasteiger partial charge in [0.05, 0.1) is 5.92 Å². The molecule has 1 saturated carbocycles.